The number of nitrogens with zero attached hydrogens (tertiary/aromatic N) is 2. The molecule has 2 N–H and O–H groups in total. The third-order valence-electron chi connectivity index (χ3n) is 5.87. The van der Waals surface area contributed by atoms with E-state index in [4.69, 9.17) is 0 Å². The van der Waals surface area contributed by atoms with E-state index < -0.39 is 17.5 Å². The number of nitrogens with one attached hydrogen (secondary N) is 2. The average molecular weight is 370 g/mol. The molecule has 1 saturated heterocycles. The van der Waals surface area contributed by atoms with Crippen LogP contribution in [-0.2, 0) is 14.4 Å². The van der Waals surface area contributed by atoms with Crippen molar-refractivity contribution < 1.29 is 19.2 Å². The van der Waals surface area contributed by atoms with E-state index in [0.29, 0.717) is 17.8 Å². The monoisotopic (exact) mass is 370 g/mol. The standard InChI is InChI=1S/C19H22N4O4/c1-12-6-4-5-9-19(12)17(26)23(18(27)21-19)11-16(25)22-10-15(24)20-13-7-2-3-8-14(13)22/h2-3,7-8,12H,4-6,9-11H2,1H3,(H,20,24)(H,21,27)/t12-,19-/m0/s1. The number of carbonyl (C=O) groups is 4. The van der Waals surface area contributed by atoms with Gasteiger partial charge in [-0.2, -0.15) is 0 Å². The normalized spacial score (nSPS) is 27.4. The second kappa shape index (κ2) is 6.37. The van der Waals surface area contributed by atoms with Gasteiger partial charge in [0.15, 0.2) is 0 Å². The molecule has 27 heavy (non-hydrogen) atoms. The highest BCUT2D eigenvalue weighted by molar-refractivity contribution is 6.14. The molecule has 2 aliphatic heterocycles. The van der Waals surface area contributed by atoms with Crippen molar-refractivity contribution in [1.82, 2.24) is 10.2 Å². The minimum absolute atomic E-state index is 0.0318. The number of benzene rings is 1. The van der Waals surface area contributed by atoms with Gasteiger partial charge in [-0.15, -0.1) is 0 Å². The highest BCUT2D eigenvalue weighted by atomic mass is 16.2. The Labute approximate surface area is 156 Å². The van der Waals surface area contributed by atoms with Gasteiger partial charge in [0.25, 0.3) is 5.91 Å². The van der Waals surface area contributed by atoms with Gasteiger partial charge in [-0.25, -0.2) is 4.79 Å². The molecule has 1 spiro atoms. The molecule has 0 aromatic heterocycles. The Bertz CT molecular complexity index is 839. The molecular formula is C19H22N4O4. The van der Waals surface area contributed by atoms with Crippen LogP contribution < -0.4 is 15.5 Å². The Morgan fingerprint density at radius 1 is 1.22 bits per heavy atom. The van der Waals surface area contributed by atoms with Crippen LogP contribution in [0.4, 0.5) is 16.2 Å². The zero-order chi connectivity index (χ0) is 19.2. The Hall–Kier alpha value is -2.90. The number of rotatable bonds is 2. The van der Waals surface area contributed by atoms with E-state index in [2.05, 4.69) is 10.6 Å². The van der Waals surface area contributed by atoms with E-state index >= 15 is 0 Å². The summed E-state index contributed by atoms with van der Waals surface area (Å²) >= 11 is 0. The van der Waals surface area contributed by atoms with Crippen LogP contribution in [0.2, 0.25) is 0 Å². The van der Waals surface area contributed by atoms with Gasteiger partial charge in [0.1, 0.15) is 18.6 Å². The molecule has 2 atom stereocenters. The maximum atomic E-state index is 13.0. The summed E-state index contributed by atoms with van der Waals surface area (Å²) in [6, 6.07) is 6.43. The lowest BCUT2D eigenvalue weighted by molar-refractivity contribution is -0.136. The fourth-order valence-electron chi connectivity index (χ4n) is 4.32. The van der Waals surface area contributed by atoms with Gasteiger partial charge in [0, 0.05) is 0 Å². The van der Waals surface area contributed by atoms with E-state index in [9.17, 15) is 19.2 Å². The first kappa shape index (κ1) is 17.5. The minimum Gasteiger partial charge on any atom is -0.323 e. The topological polar surface area (TPSA) is 98.8 Å². The molecule has 8 nitrogen and oxygen atoms in total. The molecule has 2 fully saturated rings. The second-order valence-corrected chi connectivity index (χ2v) is 7.48. The van der Waals surface area contributed by atoms with Crippen LogP contribution in [0.15, 0.2) is 24.3 Å². The minimum atomic E-state index is -0.896. The Morgan fingerprint density at radius 3 is 2.78 bits per heavy atom. The maximum absolute atomic E-state index is 13.0. The molecule has 8 heteroatoms. The van der Waals surface area contributed by atoms with Crippen LogP contribution in [0, 0.1) is 5.92 Å². The van der Waals surface area contributed by atoms with Crippen molar-refractivity contribution >= 4 is 35.1 Å². The number of amides is 5. The molecule has 1 aromatic carbocycles. The fourth-order valence-corrected chi connectivity index (χ4v) is 4.32. The molecule has 1 aliphatic carbocycles. The Balaban J connectivity index is 1.56. The van der Waals surface area contributed by atoms with Gasteiger partial charge in [-0.3, -0.25) is 24.2 Å². The van der Waals surface area contributed by atoms with E-state index in [1.165, 1.54) is 4.90 Å². The number of hydrogen-bond donors (Lipinski definition) is 2. The van der Waals surface area contributed by atoms with Crippen molar-refractivity contribution in [3.8, 4) is 0 Å². The lowest BCUT2D eigenvalue weighted by atomic mass is 9.73. The summed E-state index contributed by atoms with van der Waals surface area (Å²) in [5.41, 5.74) is 0.207. The van der Waals surface area contributed by atoms with Crippen molar-refractivity contribution in [2.75, 3.05) is 23.3 Å². The summed E-state index contributed by atoms with van der Waals surface area (Å²) < 4.78 is 0. The molecule has 0 unspecified atom stereocenters. The van der Waals surface area contributed by atoms with Crippen LogP contribution in [-0.4, -0.2) is 47.3 Å². The smallest absolute Gasteiger partial charge is 0.323 e. The number of urea groups is 1. The summed E-state index contributed by atoms with van der Waals surface area (Å²) in [5, 5.41) is 5.56. The van der Waals surface area contributed by atoms with Gasteiger partial charge < -0.3 is 10.6 Å². The predicted molar refractivity (Wildman–Crippen MR) is 98.0 cm³/mol. The molecule has 0 bridgehead atoms. The predicted octanol–water partition coefficient (Wildman–Crippen LogP) is 1.47. The van der Waals surface area contributed by atoms with Crippen LogP contribution >= 0.6 is 0 Å². The largest absolute Gasteiger partial charge is 0.325 e. The van der Waals surface area contributed by atoms with Gasteiger partial charge in [-0.05, 0) is 30.9 Å². The third-order valence-corrected chi connectivity index (χ3v) is 5.87. The number of anilines is 2. The van der Waals surface area contributed by atoms with Gasteiger partial charge in [-0.1, -0.05) is 31.9 Å². The summed E-state index contributed by atoms with van der Waals surface area (Å²) in [5.74, 6) is -1.06. The summed E-state index contributed by atoms with van der Waals surface area (Å²) in [4.78, 5) is 52.6. The number of carbonyl (C=O) groups excluding carboxylic acids is 4. The zero-order valence-corrected chi connectivity index (χ0v) is 15.2. The first-order chi connectivity index (χ1) is 12.9. The Morgan fingerprint density at radius 2 is 2.00 bits per heavy atom. The number of para-hydroxylation sites is 2. The van der Waals surface area contributed by atoms with Crippen molar-refractivity contribution in [1.29, 1.82) is 0 Å². The molecule has 4 rings (SSSR count). The van der Waals surface area contributed by atoms with Crippen molar-refractivity contribution in [3.05, 3.63) is 24.3 Å². The molecule has 0 radical (unpaired) electrons. The zero-order valence-electron chi connectivity index (χ0n) is 15.2. The summed E-state index contributed by atoms with van der Waals surface area (Å²) in [6.07, 6.45) is 3.37. The molecule has 5 amide bonds. The summed E-state index contributed by atoms with van der Waals surface area (Å²) in [6.45, 7) is 1.45. The molecule has 142 valence electrons. The number of imide groups is 1. The van der Waals surface area contributed by atoms with Crippen LogP contribution in [0.1, 0.15) is 32.6 Å². The van der Waals surface area contributed by atoms with E-state index in [0.717, 1.165) is 24.2 Å². The van der Waals surface area contributed by atoms with E-state index in [1.807, 2.05) is 6.92 Å². The molecule has 3 aliphatic rings. The van der Waals surface area contributed by atoms with Gasteiger partial charge >= 0.3 is 6.03 Å². The average Bonchev–Trinajstić information content (AvgIpc) is 2.88. The number of fused-ring (bicyclic) bond motifs is 1. The molecule has 2 heterocycles. The maximum Gasteiger partial charge on any atom is 0.325 e. The van der Waals surface area contributed by atoms with Crippen LogP contribution in [0.3, 0.4) is 0 Å². The highest BCUT2D eigenvalue weighted by Crippen LogP contribution is 2.38. The summed E-state index contributed by atoms with van der Waals surface area (Å²) in [7, 11) is 0. The van der Waals surface area contributed by atoms with Gasteiger partial charge in [0.2, 0.25) is 11.8 Å². The first-order valence-corrected chi connectivity index (χ1v) is 9.26. The Kier molecular flexibility index (Phi) is 4.13. The lowest BCUT2D eigenvalue weighted by Gasteiger charge is -2.37. The highest BCUT2D eigenvalue weighted by Gasteiger charge is 2.55. The van der Waals surface area contributed by atoms with Gasteiger partial charge in [0.05, 0.1) is 11.4 Å². The molecule has 1 aromatic rings. The van der Waals surface area contributed by atoms with Crippen LogP contribution in [0.25, 0.3) is 0 Å². The number of hydrogen-bond acceptors (Lipinski definition) is 4. The van der Waals surface area contributed by atoms with E-state index in [1.54, 1.807) is 24.3 Å². The van der Waals surface area contributed by atoms with E-state index in [-0.39, 0.29) is 30.8 Å². The molecular weight excluding hydrogens is 348 g/mol. The quantitative estimate of drug-likeness (QED) is 0.770. The lowest BCUT2D eigenvalue weighted by Crippen LogP contribution is -2.54. The fraction of sp³-hybridized carbons (Fsp3) is 0.474. The van der Waals surface area contributed by atoms with Crippen molar-refractivity contribution in [2.24, 2.45) is 5.92 Å². The van der Waals surface area contributed by atoms with Crippen molar-refractivity contribution in [2.45, 2.75) is 38.1 Å². The van der Waals surface area contributed by atoms with Crippen LogP contribution in [0.5, 0.6) is 0 Å². The third kappa shape index (κ3) is 2.75. The second-order valence-electron chi connectivity index (χ2n) is 7.48. The van der Waals surface area contributed by atoms with Crippen molar-refractivity contribution in [3.63, 3.8) is 0 Å². The molecule has 1 saturated carbocycles. The SMILES string of the molecule is C[C@H]1CCCC[C@]12NC(=O)N(CC(=O)N1CC(=O)Nc3ccccc31)C2=O. The first-order valence-electron chi connectivity index (χ1n) is 9.26.